The molecule has 0 saturated carbocycles. The number of aryl methyl sites for hydroxylation is 2. The summed E-state index contributed by atoms with van der Waals surface area (Å²) in [5.74, 6) is 0.731. The Morgan fingerprint density at radius 1 is 1.08 bits per heavy atom. The molecule has 0 radical (unpaired) electrons. The van der Waals surface area contributed by atoms with Crippen molar-refractivity contribution in [1.29, 1.82) is 0 Å². The van der Waals surface area contributed by atoms with E-state index in [0.717, 1.165) is 16.9 Å². The number of pyridine rings is 1. The van der Waals surface area contributed by atoms with Crippen LogP contribution in [0.25, 0.3) is 0 Å². The first kappa shape index (κ1) is 24.4. The summed E-state index contributed by atoms with van der Waals surface area (Å²) >= 11 is 0. The maximum atomic E-state index is 13.7. The Kier molecular flexibility index (Phi) is 6.27. The van der Waals surface area contributed by atoms with Crippen LogP contribution in [0, 0.1) is 13.8 Å². The maximum absolute atomic E-state index is 13.7. The molecule has 0 spiro atoms. The van der Waals surface area contributed by atoms with Crippen LogP contribution < -0.4 is 14.1 Å². The Bertz CT molecular complexity index is 1310. The Labute approximate surface area is 211 Å². The molecule has 3 fully saturated rings. The summed E-state index contributed by atoms with van der Waals surface area (Å²) < 4.78 is 32.3. The van der Waals surface area contributed by atoms with Crippen LogP contribution in [-0.2, 0) is 14.8 Å². The highest BCUT2D eigenvalue weighted by molar-refractivity contribution is 7.93. The van der Waals surface area contributed by atoms with Gasteiger partial charge in [0.25, 0.3) is 5.91 Å². The van der Waals surface area contributed by atoms with E-state index in [2.05, 4.69) is 16.0 Å². The average molecular weight is 514 g/mol. The standard InChI is InChI=1S/C25H31N5O5S/c1-17-14-18(2)23(26-16-17)27-7-9-28(10-8-27)24(31)21-5-4-20(29-11-12-35-25(29)32)15-22(21)30-19(3)6-13-36(30,33)34/h4-5,14-16,19H,6-13H2,1-3H3. The number of hydrogen-bond acceptors (Lipinski definition) is 7. The molecule has 0 N–H and O–H groups in total. The minimum Gasteiger partial charge on any atom is -0.447 e. The van der Waals surface area contributed by atoms with Crippen LogP contribution in [0.1, 0.15) is 34.8 Å². The van der Waals surface area contributed by atoms with Gasteiger partial charge in [0.15, 0.2) is 0 Å². The largest absolute Gasteiger partial charge is 0.447 e. The lowest BCUT2D eigenvalue weighted by Gasteiger charge is -2.37. The van der Waals surface area contributed by atoms with Gasteiger partial charge in [-0.15, -0.1) is 0 Å². The number of aromatic nitrogens is 1. The molecule has 3 aliphatic rings. The molecule has 1 atom stereocenters. The van der Waals surface area contributed by atoms with Crippen molar-refractivity contribution in [2.45, 2.75) is 33.2 Å². The third-order valence-corrected chi connectivity index (χ3v) is 8.98. The Hall–Kier alpha value is -3.34. The Balaban J connectivity index is 1.43. The molecule has 0 aliphatic carbocycles. The molecule has 1 aromatic heterocycles. The zero-order valence-corrected chi connectivity index (χ0v) is 21.6. The second-order valence-corrected chi connectivity index (χ2v) is 11.6. The fraction of sp³-hybridized carbons (Fsp3) is 0.480. The SMILES string of the molecule is Cc1cnc(N2CCN(C(=O)c3ccc(N4CCOC4=O)cc3N3C(C)CCS3(=O)=O)CC2)c(C)c1. The third kappa shape index (κ3) is 4.36. The zero-order chi connectivity index (χ0) is 25.6. The molecule has 0 bridgehead atoms. The molecule has 36 heavy (non-hydrogen) atoms. The number of rotatable bonds is 4. The molecule has 5 rings (SSSR count). The Morgan fingerprint density at radius 3 is 2.44 bits per heavy atom. The second kappa shape index (κ2) is 9.27. The number of cyclic esters (lactones) is 1. The van der Waals surface area contributed by atoms with E-state index in [9.17, 15) is 18.0 Å². The number of benzene rings is 1. The lowest BCUT2D eigenvalue weighted by atomic mass is 10.1. The van der Waals surface area contributed by atoms with Gasteiger partial charge >= 0.3 is 6.09 Å². The van der Waals surface area contributed by atoms with E-state index in [1.54, 1.807) is 23.1 Å². The van der Waals surface area contributed by atoms with E-state index in [4.69, 9.17) is 4.74 Å². The fourth-order valence-corrected chi connectivity index (χ4v) is 7.15. The van der Waals surface area contributed by atoms with Crippen molar-refractivity contribution in [3.05, 3.63) is 47.2 Å². The number of sulfonamides is 1. The molecule has 2 amide bonds. The van der Waals surface area contributed by atoms with Gasteiger partial charge in [-0.3, -0.25) is 14.0 Å². The normalized spacial score (nSPS) is 21.8. The summed E-state index contributed by atoms with van der Waals surface area (Å²) in [7, 11) is -3.57. The van der Waals surface area contributed by atoms with E-state index in [1.165, 1.54) is 9.21 Å². The maximum Gasteiger partial charge on any atom is 0.414 e. The molecule has 3 saturated heterocycles. The molecule has 1 aromatic carbocycles. The van der Waals surface area contributed by atoms with Crippen molar-refractivity contribution in [2.75, 3.05) is 59.2 Å². The van der Waals surface area contributed by atoms with Crippen molar-refractivity contribution in [3.63, 3.8) is 0 Å². The number of anilines is 3. The summed E-state index contributed by atoms with van der Waals surface area (Å²) in [5, 5.41) is 0. The lowest BCUT2D eigenvalue weighted by Crippen LogP contribution is -2.49. The molecular formula is C25H31N5O5S. The summed E-state index contributed by atoms with van der Waals surface area (Å²) in [5.41, 5.74) is 3.36. The molecule has 4 heterocycles. The molecule has 2 aromatic rings. The highest BCUT2D eigenvalue weighted by Gasteiger charge is 2.38. The van der Waals surface area contributed by atoms with Crippen LogP contribution in [0.3, 0.4) is 0 Å². The number of carbonyl (C=O) groups is 2. The third-order valence-electron chi connectivity index (χ3n) is 7.07. The first-order chi connectivity index (χ1) is 17.2. The minimum atomic E-state index is -3.57. The number of nitrogens with zero attached hydrogens (tertiary/aromatic N) is 5. The van der Waals surface area contributed by atoms with E-state index in [0.29, 0.717) is 56.1 Å². The number of carbonyl (C=O) groups excluding carboxylic acids is 2. The van der Waals surface area contributed by atoms with Gasteiger partial charge in [-0.1, -0.05) is 6.07 Å². The molecule has 192 valence electrons. The topological polar surface area (TPSA) is 103 Å². The minimum absolute atomic E-state index is 0.0271. The van der Waals surface area contributed by atoms with Gasteiger partial charge in [-0.25, -0.2) is 18.2 Å². The van der Waals surface area contributed by atoms with Crippen LogP contribution in [0.2, 0.25) is 0 Å². The lowest BCUT2D eigenvalue weighted by molar-refractivity contribution is 0.0747. The highest BCUT2D eigenvalue weighted by atomic mass is 32.2. The van der Waals surface area contributed by atoms with Crippen molar-refractivity contribution in [2.24, 2.45) is 0 Å². The van der Waals surface area contributed by atoms with Crippen LogP contribution in [0.5, 0.6) is 0 Å². The molecule has 3 aliphatic heterocycles. The first-order valence-electron chi connectivity index (χ1n) is 12.2. The van der Waals surface area contributed by atoms with Gasteiger partial charge in [-0.2, -0.15) is 0 Å². The molecule has 11 heteroatoms. The second-order valence-electron chi connectivity index (χ2n) is 9.65. The number of piperazine rings is 1. The summed E-state index contributed by atoms with van der Waals surface area (Å²) in [4.78, 5) is 35.8. The van der Waals surface area contributed by atoms with Crippen molar-refractivity contribution < 1.29 is 22.7 Å². The quantitative estimate of drug-likeness (QED) is 0.619. The summed E-state index contributed by atoms with van der Waals surface area (Å²) in [6, 6.07) is 6.77. The van der Waals surface area contributed by atoms with Gasteiger partial charge in [0.05, 0.1) is 23.5 Å². The monoisotopic (exact) mass is 513 g/mol. The van der Waals surface area contributed by atoms with Gasteiger partial charge in [0, 0.05) is 44.1 Å². The van der Waals surface area contributed by atoms with E-state index < -0.39 is 16.1 Å². The number of hydrogen-bond donors (Lipinski definition) is 0. The van der Waals surface area contributed by atoms with Gasteiger partial charge in [0.2, 0.25) is 10.0 Å². The number of ether oxygens (including phenoxy) is 1. The average Bonchev–Trinajstić information content (AvgIpc) is 3.40. The molecule has 10 nitrogen and oxygen atoms in total. The Morgan fingerprint density at radius 2 is 1.83 bits per heavy atom. The predicted octanol–water partition coefficient (Wildman–Crippen LogP) is 2.55. The van der Waals surface area contributed by atoms with E-state index in [-0.39, 0.29) is 24.3 Å². The van der Waals surface area contributed by atoms with Gasteiger partial charge in [0.1, 0.15) is 12.4 Å². The van der Waals surface area contributed by atoms with E-state index >= 15 is 0 Å². The number of amides is 2. The molecular weight excluding hydrogens is 482 g/mol. The van der Waals surface area contributed by atoms with Crippen LogP contribution in [0.4, 0.5) is 22.0 Å². The predicted molar refractivity (Wildman–Crippen MR) is 137 cm³/mol. The van der Waals surface area contributed by atoms with Crippen LogP contribution in [0.15, 0.2) is 30.5 Å². The van der Waals surface area contributed by atoms with Gasteiger partial charge in [-0.05, 0) is 56.5 Å². The smallest absolute Gasteiger partial charge is 0.414 e. The van der Waals surface area contributed by atoms with Crippen molar-refractivity contribution >= 4 is 39.2 Å². The van der Waals surface area contributed by atoms with Crippen LogP contribution in [-0.4, -0.2) is 81.4 Å². The van der Waals surface area contributed by atoms with E-state index in [1.807, 2.05) is 27.0 Å². The molecule has 1 unspecified atom stereocenters. The van der Waals surface area contributed by atoms with Crippen LogP contribution >= 0.6 is 0 Å². The zero-order valence-electron chi connectivity index (χ0n) is 20.8. The van der Waals surface area contributed by atoms with Crippen molar-refractivity contribution in [3.8, 4) is 0 Å². The highest BCUT2D eigenvalue weighted by Crippen LogP contribution is 2.36. The first-order valence-corrected chi connectivity index (χ1v) is 13.8. The summed E-state index contributed by atoms with van der Waals surface area (Å²) in [6.45, 7) is 8.79. The van der Waals surface area contributed by atoms with Crippen molar-refractivity contribution in [1.82, 2.24) is 9.88 Å². The van der Waals surface area contributed by atoms with Gasteiger partial charge < -0.3 is 14.5 Å². The fourth-order valence-electron chi connectivity index (χ4n) is 5.21. The summed E-state index contributed by atoms with van der Waals surface area (Å²) in [6.07, 6.45) is 1.85.